The molecule has 1 N–H and O–H groups in total. The average molecular weight is 407 g/mol. The van der Waals surface area contributed by atoms with E-state index in [4.69, 9.17) is 14.5 Å². The number of ether oxygens (including phenoxy) is 2. The lowest BCUT2D eigenvalue weighted by Crippen LogP contribution is -2.26. The van der Waals surface area contributed by atoms with E-state index in [1.807, 2.05) is 29.9 Å². The largest absolute Gasteiger partial charge is 0.489 e. The van der Waals surface area contributed by atoms with Crippen molar-refractivity contribution in [3.8, 4) is 5.75 Å². The summed E-state index contributed by atoms with van der Waals surface area (Å²) < 4.78 is 15.7. The summed E-state index contributed by atoms with van der Waals surface area (Å²) in [6.07, 6.45) is 11.0. The van der Waals surface area contributed by atoms with Gasteiger partial charge in [-0.2, -0.15) is 5.10 Å². The van der Waals surface area contributed by atoms with E-state index in [9.17, 15) is 4.79 Å². The molecule has 8 nitrogen and oxygen atoms in total. The highest BCUT2D eigenvalue weighted by atomic mass is 16.5. The van der Waals surface area contributed by atoms with Gasteiger partial charge < -0.3 is 19.2 Å². The zero-order valence-electron chi connectivity index (χ0n) is 17.2. The third-order valence-corrected chi connectivity index (χ3v) is 6.66. The highest BCUT2D eigenvalue weighted by Crippen LogP contribution is 2.53. The quantitative estimate of drug-likeness (QED) is 0.703. The predicted molar refractivity (Wildman–Crippen MR) is 110 cm³/mol. The van der Waals surface area contributed by atoms with Gasteiger partial charge in [0.1, 0.15) is 11.4 Å². The second-order valence-electron chi connectivity index (χ2n) is 9.28. The average Bonchev–Trinajstić information content (AvgIpc) is 3.05. The smallest absolute Gasteiger partial charge is 0.262 e. The molecule has 3 aromatic rings. The number of fused-ring (bicyclic) bond motifs is 3. The minimum atomic E-state index is -0.239. The highest BCUT2D eigenvalue weighted by molar-refractivity contribution is 6.05. The Bertz CT molecular complexity index is 1150. The van der Waals surface area contributed by atoms with Crippen LogP contribution in [0.25, 0.3) is 5.65 Å². The topological polar surface area (TPSA) is 82.7 Å². The molecule has 1 amide bonds. The molecule has 1 aliphatic heterocycles. The van der Waals surface area contributed by atoms with Crippen LogP contribution in [-0.2, 0) is 17.2 Å². The maximum absolute atomic E-state index is 13.0. The van der Waals surface area contributed by atoms with Gasteiger partial charge in [0.2, 0.25) is 0 Å². The summed E-state index contributed by atoms with van der Waals surface area (Å²) in [5.41, 5.74) is 2.28. The Morgan fingerprint density at radius 1 is 1.33 bits per heavy atom. The first-order valence-electron chi connectivity index (χ1n) is 10.6. The van der Waals surface area contributed by atoms with Crippen LogP contribution in [0.1, 0.15) is 55.1 Å². The van der Waals surface area contributed by atoms with Gasteiger partial charge in [0.05, 0.1) is 29.6 Å². The molecule has 0 aromatic carbocycles. The van der Waals surface area contributed by atoms with Crippen molar-refractivity contribution in [3.05, 3.63) is 42.0 Å². The summed E-state index contributed by atoms with van der Waals surface area (Å²) in [5.74, 6) is 0.850. The number of carbonyl (C=O) groups is 1. The van der Waals surface area contributed by atoms with E-state index in [1.165, 1.54) is 0 Å². The van der Waals surface area contributed by atoms with Crippen molar-refractivity contribution in [2.24, 2.45) is 7.05 Å². The van der Waals surface area contributed by atoms with Crippen LogP contribution in [0, 0.1) is 0 Å². The Balaban J connectivity index is 1.38. The van der Waals surface area contributed by atoms with Crippen molar-refractivity contribution in [2.75, 3.05) is 11.9 Å². The van der Waals surface area contributed by atoms with Gasteiger partial charge in [-0.15, -0.1) is 0 Å². The molecule has 3 fully saturated rings. The van der Waals surface area contributed by atoms with Crippen LogP contribution < -0.4 is 10.1 Å². The number of nitrogens with zero attached hydrogens (tertiary/aromatic N) is 4. The fraction of sp³-hybridized carbons (Fsp3) is 0.500. The molecule has 2 bridgehead atoms. The van der Waals surface area contributed by atoms with E-state index >= 15 is 0 Å². The third kappa shape index (κ3) is 2.89. The number of aryl methyl sites for hydroxylation is 1. The van der Waals surface area contributed by atoms with E-state index in [0.29, 0.717) is 23.7 Å². The molecule has 1 saturated heterocycles. The monoisotopic (exact) mass is 407 g/mol. The Labute approximate surface area is 174 Å². The van der Waals surface area contributed by atoms with Crippen molar-refractivity contribution in [1.82, 2.24) is 19.2 Å². The van der Waals surface area contributed by atoms with Crippen LogP contribution in [0.15, 0.2) is 30.7 Å². The summed E-state index contributed by atoms with van der Waals surface area (Å²) in [6.45, 7) is 2.91. The SMILES string of the molecule is Cn1ccc(NC(=O)c2cn3cc(C45CCC(C)(C4)OC5)nc3cc2OC2CC2)n1. The molecule has 4 heterocycles. The Morgan fingerprint density at radius 2 is 2.20 bits per heavy atom. The van der Waals surface area contributed by atoms with Crippen LogP contribution in [0.3, 0.4) is 0 Å². The van der Waals surface area contributed by atoms with Crippen molar-refractivity contribution < 1.29 is 14.3 Å². The first-order chi connectivity index (χ1) is 14.4. The normalized spacial score (nSPS) is 27.7. The Morgan fingerprint density at radius 3 is 2.83 bits per heavy atom. The van der Waals surface area contributed by atoms with Gasteiger partial charge in [-0.3, -0.25) is 9.48 Å². The zero-order chi connectivity index (χ0) is 20.5. The molecule has 8 heteroatoms. The molecule has 30 heavy (non-hydrogen) atoms. The first-order valence-corrected chi connectivity index (χ1v) is 10.6. The predicted octanol–water partition coefficient (Wildman–Crippen LogP) is 3.07. The van der Waals surface area contributed by atoms with Gasteiger partial charge in [-0.25, -0.2) is 4.98 Å². The van der Waals surface area contributed by atoms with Gasteiger partial charge in [0.15, 0.2) is 5.82 Å². The summed E-state index contributed by atoms with van der Waals surface area (Å²) >= 11 is 0. The molecule has 3 aliphatic rings. The molecule has 6 rings (SSSR count). The number of hydrogen-bond donors (Lipinski definition) is 1. The molecule has 2 atom stereocenters. The Hall–Kier alpha value is -2.87. The van der Waals surface area contributed by atoms with E-state index in [-0.39, 0.29) is 23.0 Å². The lowest BCUT2D eigenvalue weighted by atomic mass is 9.84. The fourth-order valence-electron chi connectivity index (χ4n) is 4.82. The van der Waals surface area contributed by atoms with E-state index in [0.717, 1.165) is 43.4 Å². The maximum atomic E-state index is 13.0. The standard InChI is InChI=1S/C22H25N5O3/c1-21-6-7-22(12-21,13-29-21)17-11-27-10-15(20(28)24-18-5-8-26(2)25-18)16(9-19(27)23-17)30-14-3-4-14/h5,8-11,14H,3-4,6-7,12-13H2,1-2H3,(H,24,25,28). The molecular formula is C22H25N5O3. The number of hydrogen-bond acceptors (Lipinski definition) is 5. The molecule has 2 saturated carbocycles. The molecule has 2 unspecified atom stereocenters. The minimum Gasteiger partial charge on any atom is -0.489 e. The fourth-order valence-corrected chi connectivity index (χ4v) is 4.82. The number of aromatic nitrogens is 4. The molecule has 3 aromatic heterocycles. The summed E-state index contributed by atoms with van der Waals surface area (Å²) in [4.78, 5) is 18.0. The molecular weight excluding hydrogens is 382 g/mol. The molecule has 2 aliphatic carbocycles. The third-order valence-electron chi connectivity index (χ3n) is 6.66. The number of carbonyl (C=O) groups excluding carboxylic acids is 1. The van der Waals surface area contributed by atoms with Gasteiger partial charge in [0.25, 0.3) is 5.91 Å². The number of nitrogens with one attached hydrogen (secondary N) is 1. The van der Waals surface area contributed by atoms with Crippen LogP contribution >= 0.6 is 0 Å². The lowest BCUT2D eigenvalue weighted by Gasteiger charge is -2.24. The van der Waals surface area contributed by atoms with Crippen molar-refractivity contribution in [2.45, 2.75) is 56.1 Å². The number of amides is 1. The van der Waals surface area contributed by atoms with E-state index < -0.39 is 0 Å². The molecule has 0 radical (unpaired) electrons. The van der Waals surface area contributed by atoms with Crippen LogP contribution in [0.5, 0.6) is 5.75 Å². The first kappa shape index (κ1) is 17.9. The van der Waals surface area contributed by atoms with Gasteiger partial charge in [0, 0.05) is 43.2 Å². The van der Waals surface area contributed by atoms with Gasteiger partial charge in [-0.1, -0.05) is 0 Å². The Kier molecular flexibility index (Phi) is 3.63. The van der Waals surface area contributed by atoms with Crippen LogP contribution in [-0.4, -0.2) is 43.4 Å². The number of rotatable bonds is 5. The van der Waals surface area contributed by atoms with Gasteiger partial charge >= 0.3 is 0 Å². The number of pyridine rings is 1. The zero-order valence-corrected chi connectivity index (χ0v) is 17.2. The minimum absolute atomic E-state index is 0.0192. The second kappa shape index (κ2) is 6.07. The number of anilines is 1. The van der Waals surface area contributed by atoms with Crippen molar-refractivity contribution in [3.63, 3.8) is 0 Å². The van der Waals surface area contributed by atoms with Crippen molar-refractivity contribution in [1.29, 1.82) is 0 Å². The van der Waals surface area contributed by atoms with E-state index in [1.54, 1.807) is 16.9 Å². The van der Waals surface area contributed by atoms with Gasteiger partial charge in [-0.05, 0) is 39.0 Å². The lowest BCUT2D eigenvalue weighted by molar-refractivity contribution is -0.00627. The number of imidazole rings is 1. The summed E-state index contributed by atoms with van der Waals surface area (Å²) in [5, 5.41) is 7.11. The molecule has 156 valence electrons. The van der Waals surface area contributed by atoms with Crippen LogP contribution in [0.2, 0.25) is 0 Å². The maximum Gasteiger partial charge on any atom is 0.262 e. The summed E-state index contributed by atoms with van der Waals surface area (Å²) in [6, 6.07) is 3.65. The van der Waals surface area contributed by atoms with Crippen LogP contribution in [0.4, 0.5) is 5.82 Å². The van der Waals surface area contributed by atoms with E-state index in [2.05, 4.69) is 17.3 Å². The molecule has 0 spiro atoms. The van der Waals surface area contributed by atoms with Crippen molar-refractivity contribution >= 4 is 17.4 Å². The summed E-state index contributed by atoms with van der Waals surface area (Å²) in [7, 11) is 1.82. The highest BCUT2D eigenvalue weighted by Gasteiger charge is 2.55. The second-order valence-corrected chi connectivity index (χ2v) is 9.28.